The predicted octanol–water partition coefficient (Wildman–Crippen LogP) is 2.82. The quantitative estimate of drug-likeness (QED) is 0.706. The molecule has 1 saturated carbocycles. The minimum atomic E-state index is -3.93. The smallest absolute Gasteiger partial charge is 0.261 e. The molecule has 8 nitrogen and oxygen atoms in total. The lowest BCUT2D eigenvalue weighted by Gasteiger charge is -2.29. The molecule has 9 heteroatoms. The maximum absolute atomic E-state index is 12.9. The number of anilines is 1. The second kappa shape index (κ2) is 7.90. The largest absolute Gasteiger partial charge is 0.322 e. The van der Waals surface area contributed by atoms with Crippen LogP contribution in [0.5, 0.6) is 0 Å². The molecule has 0 radical (unpaired) electrons. The van der Waals surface area contributed by atoms with Gasteiger partial charge in [0, 0.05) is 17.3 Å². The van der Waals surface area contributed by atoms with E-state index >= 15 is 0 Å². The second-order valence-corrected chi connectivity index (χ2v) is 9.54. The monoisotopic (exact) mass is 441 g/mol. The van der Waals surface area contributed by atoms with Crippen LogP contribution in [0.3, 0.4) is 0 Å². The minimum absolute atomic E-state index is 0.0804. The first-order chi connectivity index (χ1) is 14.7. The van der Waals surface area contributed by atoms with Crippen molar-refractivity contribution in [3.8, 4) is 0 Å². The zero-order valence-electron chi connectivity index (χ0n) is 17.1. The number of primary sulfonamides is 1. The normalized spacial score (nSPS) is 17.0. The van der Waals surface area contributed by atoms with Gasteiger partial charge < -0.3 is 5.32 Å². The Bertz CT molecular complexity index is 1200. The van der Waals surface area contributed by atoms with E-state index in [9.17, 15) is 22.8 Å². The Labute approximate surface area is 180 Å². The molecule has 0 bridgehead atoms. The fourth-order valence-electron chi connectivity index (χ4n) is 4.26. The summed E-state index contributed by atoms with van der Waals surface area (Å²) < 4.78 is 23.4. The summed E-state index contributed by atoms with van der Waals surface area (Å²) >= 11 is 0. The Morgan fingerprint density at radius 2 is 1.68 bits per heavy atom. The number of hydrogen-bond donors (Lipinski definition) is 2. The molecule has 31 heavy (non-hydrogen) atoms. The molecule has 162 valence electrons. The molecule has 2 aromatic carbocycles. The van der Waals surface area contributed by atoms with E-state index in [4.69, 9.17) is 5.14 Å². The number of sulfonamides is 1. The highest BCUT2D eigenvalue weighted by molar-refractivity contribution is 7.89. The molecule has 1 heterocycles. The van der Waals surface area contributed by atoms with Gasteiger partial charge in [0.25, 0.3) is 17.7 Å². The first kappa shape index (κ1) is 21.2. The van der Waals surface area contributed by atoms with Crippen molar-refractivity contribution in [2.45, 2.75) is 50.0 Å². The van der Waals surface area contributed by atoms with Crippen LogP contribution in [0.15, 0.2) is 41.3 Å². The molecule has 0 spiro atoms. The fourth-order valence-corrected chi connectivity index (χ4v) is 5.07. The Morgan fingerprint density at radius 3 is 2.35 bits per heavy atom. The number of nitrogens with two attached hydrogens (primary N) is 1. The molecule has 2 aromatic rings. The molecule has 1 aliphatic heterocycles. The summed E-state index contributed by atoms with van der Waals surface area (Å²) in [6.45, 7) is 1.60. The average Bonchev–Trinajstić information content (AvgIpc) is 2.99. The van der Waals surface area contributed by atoms with Crippen molar-refractivity contribution in [1.29, 1.82) is 0 Å². The number of carbonyl (C=O) groups excluding carboxylic acids is 3. The zero-order valence-corrected chi connectivity index (χ0v) is 17.9. The highest BCUT2D eigenvalue weighted by Crippen LogP contribution is 2.31. The van der Waals surface area contributed by atoms with E-state index in [1.54, 1.807) is 19.1 Å². The number of benzene rings is 2. The van der Waals surface area contributed by atoms with E-state index in [1.165, 1.54) is 29.2 Å². The van der Waals surface area contributed by atoms with Crippen LogP contribution >= 0.6 is 0 Å². The molecular formula is C22H23N3O5S. The maximum atomic E-state index is 12.9. The third-order valence-corrected chi connectivity index (χ3v) is 6.93. The summed E-state index contributed by atoms with van der Waals surface area (Å²) in [5, 5.41) is 7.84. The summed E-state index contributed by atoms with van der Waals surface area (Å²) in [5.74, 6) is -1.20. The van der Waals surface area contributed by atoms with Crippen molar-refractivity contribution >= 4 is 33.4 Å². The van der Waals surface area contributed by atoms with E-state index in [0.717, 1.165) is 32.1 Å². The summed E-state index contributed by atoms with van der Waals surface area (Å²) in [6.07, 6.45) is 4.69. The molecule has 2 aliphatic rings. The third-order valence-electron chi connectivity index (χ3n) is 5.87. The predicted molar refractivity (Wildman–Crippen MR) is 114 cm³/mol. The lowest BCUT2D eigenvalue weighted by molar-refractivity contribution is 0.0548. The molecule has 4 rings (SSSR count). The Hall–Kier alpha value is -3.04. The van der Waals surface area contributed by atoms with Crippen LogP contribution in [0.1, 0.15) is 68.7 Å². The first-order valence-corrected chi connectivity index (χ1v) is 11.7. The van der Waals surface area contributed by atoms with Gasteiger partial charge in [-0.15, -0.1) is 0 Å². The summed E-state index contributed by atoms with van der Waals surface area (Å²) in [4.78, 5) is 39.7. The van der Waals surface area contributed by atoms with Gasteiger partial charge in [0.2, 0.25) is 10.0 Å². The van der Waals surface area contributed by atoms with Crippen molar-refractivity contribution in [1.82, 2.24) is 4.90 Å². The van der Waals surface area contributed by atoms with Gasteiger partial charge in [0.15, 0.2) is 0 Å². The highest BCUT2D eigenvalue weighted by atomic mass is 32.2. The van der Waals surface area contributed by atoms with Crippen molar-refractivity contribution < 1.29 is 22.8 Å². The number of nitrogens with zero attached hydrogens (tertiary/aromatic N) is 1. The van der Waals surface area contributed by atoms with E-state index in [0.29, 0.717) is 11.1 Å². The van der Waals surface area contributed by atoms with Gasteiger partial charge in [-0.2, -0.15) is 0 Å². The molecule has 1 aliphatic carbocycles. The lowest BCUT2D eigenvalue weighted by Crippen LogP contribution is -2.40. The molecular weight excluding hydrogens is 418 g/mol. The van der Waals surface area contributed by atoms with Gasteiger partial charge in [0.1, 0.15) is 0 Å². The van der Waals surface area contributed by atoms with Gasteiger partial charge in [-0.1, -0.05) is 25.3 Å². The van der Waals surface area contributed by atoms with Crippen LogP contribution in [0.2, 0.25) is 0 Å². The molecule has 3 N–H and O–H groups in total. The van der Waals surface area contributed by atoms with Crippen LogP contribution in [0.25, 0.3) is 0 Å². The van der Waals surface area contributed by atoms with Crippen LogP contribution in [-0.2, 0) is 10.0 Å². The standard InChI is InChI=1S/C22H23N3O5S/c1-13-7-9-15(12-19(13)31(23,29)30)24-20(26)14-8-10-17-18(11-14)22(28)25(21(17)27)16-5-3-2-4-6-16/h7-12,16H,2-6H2,1H3,(H,24,26)(H2,23,29,30). The van der Waals surface area contributed by atoms with Crippen molar-refractivity contribution in [2.75, 3.05) is 5.32 Å². The SMILES string of the molecule is Cc1ccc(NC(=O)c2ccc3c(c2)C(=O)N(C2CCCCC2)C3=O)cc1S(N)(=O)=O. The fraction of sp³-hybridized carbons (Fsp3) is 0.318. The van der Waals surface area contributed by atoms with Gasteiger partial charge in [-0.05, 0) is 55.7 Å². The number of carbonyl (C=O) groups is 3. The van der Waals surface area contributed by atoms with Crippen LogP contribution in [-0.4, -0.2) is 37.1 Å². The van der Waals surface area contributed by atoms with E-state index in [2.05, 4.69) is 5.32 Å². The van der Waals surface area contributed by atoms with Crippen molar-refractivity contribution in [2.24, 2.45) is 5.14 Å². The Balaban J connectivity index is 1.58. The molecule has 0 unspecified atom stereocenters. The van der Waals surface area contributed by atoms with E-state index in [-0.39, 0.29) is 39.6 Å². The third kappa shape index (κ3) is 3.98. The van der Waals surface area contributed by atoms with Crippen molar-refractivity contribution in [3.63, 3.8) is 0 Å². The van der Waals surface area contributed by atoms with Gasteiger partial charge in [-0.3, -0.25) is 19.3 Å². The molecule has 0 atom stereocenters. The number of aryl methyl sites for hydroxylation is 1. The van der Waals surface area contributed by atoms with Crippen molar-refractivity contribution in [3.05, 3.63) is 58.7 Å². The van der Waals surface area contributed by atoms with E-state index < -0.39 is 15.9 Å². The molecule has 1 fully saturated rings. The Kier molecular flexibility index (Phi) is 5.40. The van der Waals surface area contributed by atoms with Crippen LogP contribution in [0.4, 0.5) is 5.69 Å². The number of fused-ring (bicyclic) bond motifs is 1. The zero-order chi connectivity index (χ0) is 22.3. The van der Waals surface area contributed by atoms with Crippen LogP contribution in [0, 0.1) is 6.92 Å². The summed E-state index contributed by atoms with van der Waals surface area (Å²) in [7, 11) is -3.93. The number of amides is 3. The molecule has 3 amide bonds. The lowest BCUT2D eigenvalue weighted by atomic mass is 9.94. The minimum Gasteiger partial charge on any atom is -0.322 e. The maximum Gasteiger partial charge on any atom is 0.261 e. The van der Waals surface area contributed by atoms with Gasteiger partial charge in [-0.25, -0.2) is 13.6 Å². The average molecular weight is 442 g/mol. The van der Waals surface area contributed by atoms with Gasteiger partial charge in [0.05, 0.1) is 16.0 Å². The number of nitrogens with one attached hydrogen (secondary N) is 1. The number of rotatable bonds is 4. The molecule has 0 aromatic heterocycles. The Morgan fingerprint density at radius 1 is 1.00 bits per heavy atom. The number of imide groups is 1. The second-order valence-electron chi connectivity index (χ2n) is 8.01. The summed E-state index contributed by atoms with van der Waals surface area (Å²) in [5.41, 5.74) is 1.44. The topological polar surface area (TPSA) is 127 Å². The highest BCUT2D eigenvalue weighted by Gasteiger charge is 2.40. The van der Waals surface area contributed by atoms with Crippen LogP contribution < -0.4 is 10.5 Å². The molecule has 0 saturated heterocycles. The first-order valence-electron chi connectivity index (χ1n) is 10.1. The summed E-state index contributed by atoms with van der Waals surface area (Å²) in [6, 6.07) is 8.70. The van der Waals surface area contributed by atoms with Gasteiger partial charge >= 0.3 is 0 Å². The number of hydrogen-bond acceptors (Lipinski definition) is 5. The van der Waals surface area contributed by atoms with E-state index in [1.807, 2.05) is 0 Å².